The molecule has 0 aromatic rings. The van der Waals surface area contributed by atoms with Gasteiger partial charge in [-0.25, -0.2) is 4.79 Å². The summed E-state index contributed by atoms with van der Waals surface area (Å²) in [5, 5.41) is 11.5. The zero-order valence-corrected chi connectivity index (χ0v) is 11.2. The van der Waals surface area contributed by atoms with E-state index in [2.05, 4.69) is 5.32 Å². The first-order chi connectivity index (χ1) is 7.91. The van der Waals surface area contributed by atoms with Gasteiger partial charge in [0.05, 0.1) is 6.42 Å². The molecular formula is C11H20N2O3S. The van der Waals surface area contributed by atoms with E-state index in [0.717, 1.165) is 31.0 Å². The molecule has 6 heteroatoms. The number of urea groups is 1. The quantitative estimate of drug-likeness (QED) is 0.804. The summed E-state index contributed by atoms with van der Waals surface area (Å²) in [5.74, 6) is 1.14. The maximum atomic E-state index is 12.0. The number of thioether (sulfide) groups is 1. The Hall–Kier alpha value is -0.910. The van der Waals surface area contributed by atoms with Gasteiger partial charge in [0.25, 0.3) is 0 Å². The van der Waals surface area contributed by atoms with E-state index in [-0.39, 0.29) is 12.5 Å². The lowest BCUT2D eigenvalue weighted by Gasteiger charge is -2.29. The SMILES string of the molecule is CC(C)(CC(=O)O)NC(=O)N1CCCSCC1. The standard InChI is InChI=1S/C11H20N2O3S/c1-11(2,8-9(14)15)12-10(16)13-4-3-6-17-7-5-13/h3-8H2,1-2H3,(H,12,16)(H,14,15). The van der Waals surface area contributed by atoms with Crippen molar-refractivity contribution in [1.82, 2.24) is 10.2 Å². The average Bonchev–Trinajstić information content (AvgIpc) is 2.41. The first kappa shape index (κ1) is 14.2. The Kier molecular flexibility index (Phi) is 5.11. The number of aliphatic carboxylic acids is 1. The number of carbonyl (C=O) groups is 2. The summed E-state index contributed by atoms with van der Waals surface area (Å²) >= 11 is 1.85. The fourth-order valence-electron chi connectivity index (χ4n) is 1.74. The Morgan fingerprint density at radius 2 is 2.06 bits per heavy atom. The molecule has 98 valence electrons. The lowest BCUT2D eigenvalue weighted by atomic mass is 10.0. The molecule has 1 aliphatic rings. The number of hydrogen-bond acceptors (Lipinski definition) is 3. The molecule has 1 aliphatic heterocycles. The Balaban J connectivity index is 2.48. The second-order valence-corrected chi connectivity index (χ2v) is 6.06. The topological polar surface area (TPSA) is 69.6 Å². The molecule has 1 fully saturated rings. The van der Waals surface area contributed by atoms with Gasteiger partial charge in [0.1, 0.15) is 0 Å². The summed E-state index contributed by atoms with van der Waals surface area (Å²) < 4.78 is 0. The number of nitrogens with zero attached hydrogens (tertiary/aromatic N) is 1. The van der Waals surface area contributed by atoms with Crippen molar-refractivity contribution in [3.63, 3.8) is 0 Å². The molecule has 5 nitrogen and oxygen atoms in total. The third-order valence-corrected chi connectivity index (χ3v) is 3.60. The predicted molar refractivity (Wildman–Crippen MR) is 68.4 cm³/mol. The second-order valence-electron chi connectivity index (χ2n) is 4.84. The van der Waals surface area contributed by atoms with Crippen molar-refractivity contribution in [3.05, 3.63) is 0 Å². The van der Waals surface area contributed by atoms with Crippen molar-refractivity contribution in [2.45, 2.75) is 32.2 Å². The van der Waals surface area contributed by atoms with Crippen molar-refractivity contribution >= 4 is 23.8 Å². The second kappa shape index (κ2) is 6.14. The molecule has 0 atom stereocenters. The minimum Gasteiger partial charge on any atom is -0.481 e. The third kappa shape index (κ3) is 5.30. The van der Waals surface area contributed by atoms with Crippen molar-refractivity contribution in [1.29, 1.82) is 0 Å². The summed E-state index contributed by atoms with van der Waals surface area (Å²) in [6.45, 7) is 4.94. The van der Waals surface area contributed by atoms with Crippen LogP contribution in [0.25, 0.3) is 0 Å². The van der Waals surface area contributed by atoms with E-state index in [9.17, 15) is 9.59 Å². The van der Waals surface area contributed by atoms with Gasteiger partial charge in [-0.05, 0) is 26.0 Å². The maximum absolute atomic E-state index is 12.0. The van der Waals surface area contributed by atoms with Crippen LogP contribution in [0.4, 0.5) is 4.79 Å². The molecule has 2 N–H and O–H groups in total. The molecule has 1 rings (SSSR count). The molecule has 0 aromatic carbocycles. The molecule has 0 aromatic heterocycles. The van der Waals surface area contributed by atoms with Crippen LogP contribution in [0.2, 0.25) is 0 Å². The summed E-state index contributed by atoms with van der Waals surface area (Å²) in [7, 11) is 0. The number of carboxylic acids is 1. The average molecular weight is 260 g/mol. The zero-order valence-electron chi connectivity index (χ0n) is 10.4. The van der Waals surface area contributed by atoms with E-state index in [4.69, 9.17) is 5.11 Å². The van der Waals surface area contributed by atoms with Gasteiger partial charge >= 0.3 is 12.0 Å². The number of rotatable bonds is 3. The summed E-state index contributed by atoms with van der Waals surface area (Å²) in [6.07, 6.45) is 0.929. The lowest BCUT2D eigenvalue weighted by Crippen LogP contribution is -2.51. The van der Waals surface area contributed by atoms with Crippen LogP contribution in [-0.4, -0.2) is 52.1 Å². The molecule has 1 saturated heterocycles. The smallest absolute Gasteiger partial charge is 0.317 e. The fourth-order valence-corrected chi connectivity index (χ4v) is 2.63. The van der Waals surface area contributed by atoms with Gasteiger partial charge in [-0.3, -0.25) is 4.79 Å². The number of carboxylic acid groups (broad SMARTS) is 1. The summed E-state index contributed by atoms with van der Waals surface area (Å²) in [6, 6.07) is -0.154. The van der Waals surface area contributed by atoms with Crippen LogP contribution in [0.5, 0.6) is 0 Å². The van der Waals surface area contributed by atoms with Crippen LogP contribution in [0.3, 0.4) is 0 Å². The van der Waals surface area contributed by atoms with Gasteiger partial charge in [0.15, 0.2) is 0 Å². The number of carbonyl (C=O) groups excluding carboxylic acids is 1. The molecule has 0 saturated carbocycles. The van der Waals surface area contributed by atoms with Crippen LogP contribution in [0.1, 0.15) is 26.7 Å². The summed E-state index contributed by atoms with van der Waals surface area (Å²) in [5.41, 5.74) is -0.706. The summed E-state index contributed by atoms with van der Waals surface area (Å²) in [4.78, 5) is 24.4. The zero-order chi connectivity index (χ0) is 12.9. The first-order valence-electron chi connectivity index (χ1n) is 5.77. The monoisotopic (exact) mass is 260 g/mol. The van der Waals surface area contributed by atoms with Crippen LogP contribution < -0.4 is 5.32 Å². The molecule has 2 amide bonds. The highest BCUT2D eigenvalue weighted by molar-refractivity contribution is 7.99. The van der Waals surface area contributed by atoms with Crippen molar-refractivity contribution in [3.8, 4) is 0 Å². The van der Waals surface area contributed by atoms with Crippen molar-refractivity contribution < 1.29 is 14.7 Å². The minimum absolute atomic E-state index is 0.0681. The van der Waals surface area contributed by atoms with Crippen LogP contribution >= 0.6 is 11.8 Å². The normalized spacial score (nSPS) is 17.4. The van der Waals surface area contributed by atoms with Crippen LogP contribution in [0.15, 0.2) is 0 Å². The van der Waals surface area contributed by atoms with E-state index in [1.807, 2.05) is 11.8 Å². The van der Waals surface area contributed by atoms with Crippen molar-refractivity contribution in [2.24, 2.45) is 0 Å². The number of nitrogens with one attached hydrogen (secondary N) is 1. The van der Waals surface area contributed by atoms with E-state index in [1.54, 1.807) is 18.7 Å². The highest BCUT2D eigenvalue weighted by atomic mass is 32.2. The van der Waals surface area contributed by atoms with Gasteiger partial charge in [-0.15, -0.1) is 0 Å². The van der Waals surface area contributed by atoms with E-state index < -0.39 is 11.5 Å². The maximum Gasteiger partial charge on any atom is 0.317 e. The molecule has 0 bridgehead atoms. The molecule has 17 heavy (non-hydrogen) atoms. The predicted octanol–water partition coefficient (Wildman–Crippen LogP) is 1.39. The molecule has 0 radical (unpaired) electrons. The Bertz CT molecular complexity index is 286. The van der Waals surface area contributed by atoms with Gasteiger partial charge in [-0.1, -0.05) is 0 Å². The van der Waals surface area contributed by atoms with E-state index in [0.29, 0.717) is 0 Å². The Morgan fingerprint density at radius 1 is 1.35 bits per heavy atom. The van der Waals surface area contributed by atoms with Gasteiger partial charge in [0.2, 0.25) is 0 Å². The molecular weight excluding hydrogens is 240 g/mol. The third-order valence-electron chi connectivity index (χ3n) is 2.55. The van der Waals surface area contributed by atoms with Gasteiger partial charge in [-0.2, -0.15) is 11.8 Å². The number of amides is 2. The van der Waals surface area contributed by atoms with E-state index in [1.165, 1.54) is 0 Å². The van der Waals surface area contributed by atoms with Gasteiger partial charge < -0.3 is 15.3 Å². The first-order valence-corrected chi connectivity index (χ1v) is 6.93. The lowest BCUT2D eigenvalue weighted by molar-refractivity contribution is -0.138. The molecule has 0 unspecified atom stereocenters. The Morgan fingerprint density at radius 3 is 2.71 bits per heavy atom. The fraction of sp³-hybridized carbons (Fsp3) is 0.818. The molecule has 1 heterocycles. The van der Waals surface area contributed by atoms with E-state index >= 15 is 0 Å². The highest BCUT2D eigenvalue weighted by Crippen LogP contribution is 2.13. The highest BCUT2D eigenvalue weighted by Gasteiger charge is 2.26. The van der Waals surface area contributed by atoms with Gasteiger partial charge in [0, 0.05) is 24.4 Å². The van der Waals surface area contributed by atoms with Crippen molar-refractivity contribution in [2.75, 3.05) is 24.6 Å². The molecule has 0 aliphatic carbocycles. The van der Waals surface area contributed by atoms with Crippen LogP contribution in [0, 0.1) is 0 Å². The van der Waals surface area contributed by atoms with Crippen LogP contribution in [-0.2, 0) is 4.79 Å². The largest absolute Gasteiger partial charge is 0.481 e. The Labute approximate surface area is 106 Å². The molecule has 0 spiro atoms. The minimum atomic E-state index is -0.901. The number of hydrogen-bond donors (Lipinski definition) is 2.